The third-order valence-electron chi connectivity index (χ3n) is 4.72. The van der Waals surface area contributed by atoms with E-state index in [1.165, 1.54) is 0 Å². The Morgan fingerprint density at radius 2 is 2.00 bits per heavy atom. The zero-order chi connectivity index (χ0) is 20.0. The third kappa shape index (κ3) is 3.23. The average Bonchev–Trinajstić information content (AvgIpc) is 2.93. The van der Waals surface area contributed by atoms with Crippen LogP contribution in [0.5, 0.6) is 0 Å². The van der Waals surface area contributed by atoms with Gasteiger partial charge in [-0.3, -0.25) is 4.79 Å². The number of para-hydroxylation sites is 1. The number of benzene rings is 1. The summed E-state index contributed by atoms with van der Waals surface area (Å²) in [6.07, 6.45) is 5.67. The van der Waals surface area contributed by atoms with Crippen molar-refractivity contribution in [2.45, 2.75) is 25.9 Å². The van der Waals surface area contributed by atoms with Gasteiger partial charge in [-0.2, -0.15) is 0 Å². The van der Waals surface area contributed by atoms with Gasteiger partial charge in [0.2, 0.25) is 0 Å². The topological polar surface area (TPSA) is 73.4 Å². The lowest BCUT2D eigenvalue weighted by molar-refractivity contribution is 0.379. The molecule has 0 spiro atoms. The van der Waals surface area contributed by atoms with Crippen molar-refractivity contribution in [1.82, 2.24) is 14.9 Å². The standard InChI is InChI=1S/C20H19Cl2N5O/c1-10(2)9-15-23-13-7-8-14-18(16(13)19(28)25-15)27(3)20(24-14)26-17-11(21)5-4-6-12(17)22/h4-9,14,18H,1-3H3,(H,24,26)(H,23,25,28). The lowest BCUT2D eigenvalue weighted by Gasteiger charge is -2.28. The molecule has 0 amide bonds. The van der Waals surface area contributed by atoms with Crippen LogP contribution in [0, 0.1) is 0 Å². The van der Waals surface area contributed by atoms with Gasteiger partial charge < -0.3 is 15.2 Å². The summed E-state index contributed by atoms with van der Waals surface area (Å²) in [5, 5.41) is 4.21. The maximum Gasteiger partial charge on any atom is 0.257 e. The molecule has 6 nitrogen and oxygen atoms in total. The molecule has 1 aromatic heterocycles. The SMILES string of the molecule is CC(C)=Cc1nc2c(c(=O)[nH]1)C1C(C=C2)N=C(Nc2c(Cl)cccc2Cl)N1C. The van der Waals surface area contributed by atoms with E-state index >= 15 is 0 Å². The van der Waals surface area contributed by atoms with Gasteiger partial charge in [0, 0.05) is 7.05 Å². The van der Waals surface area contributed by atoms with Gasteiger partial charge in [-0.15, -0.1) is 0 Å². The maximum atomic E-state index is 12.8. The van der Waals surface area contributed by atoms with Gasteiger partial charge in [-0.1, -0.05) is 40.9 Å². The van der Waals surface area contributed by atoms with Gasteiger partial charge >= 0.3 is 0 Å². The molecule has 2 aromatic rings. The van der Waals surface area contributed by atoms with Crippen LogP contribution in [0.15, 0.2) is 39.6 Å². The number of allylic oxidation sites excluding steroid dienone is 1. The minimum Gasteiger partial charge on any atom is -0.336 e. The van der Waals surface area contributed by atoms with Crippen molar-refractivity contribution in [3.8, 4) is 0 Å². The Hall–Kier alpha value is -2.57. The fourth-order valence-corrected chi connectivity index (χ4v) is 3.98. The molecule has 4 rings (SSSR count). The summed E-state index contributed by atoms with van der Waals surface area (Å²) in [5.74, 6) is 1.14. The first-order valence-electron chi connectivity index (χ1n) is 8.84. The van der Waals surface area contributed by atoms with E-state index in [9.17, 15) is 4.79 Å². The van der Waals surface area contributed by atoms with E-state index in [-0.39, 0.29) is 17.6 Å². The molecule has 2 unspecified atom stereocenters. The van der Waals surface area contributed by atoms with E-state index in [1.807, 2.05) is 44.0 Å². The number of likely N-dealkylation sites (N-methyl/N-ethyl adjacent to an activating group) is 1. The minimum absolute atomic E-state index is 0.157. The number of hydrogen-bond donors (Lipinski definition) is 2. The number of rotatable bonds is 2. The first kappa shape index (κ1) is 18.8. The first-order valence-corrected chi connectivity index (χ1v) is 9.59. The summed E-state index contributed by atoms with van der Waals surface area (Å²) >= 11 is 12.5. The van der Waals surface area contributed by atoms with E-state index in [2.05, 4.69) is 15.3 Å². The van der Waals surface area contributed by atoms with Crippen molar-refractivity contribution in [3.05, 3.63) is 67.3 Å². The monoisotopic (exact) mass is 415 g/mol. The predicted molar refractivity (Wildman–Crippen MR) is 115 cm³/mol. The Labute approximate surface area is 172 Å². The summed E-state index contributed by atoms with van der Waals surface area (Å²) in [6, 6.07) is 4.85. The third-order valence-corrected chi connectivity index (χ3v) is 5.35. The number of anilines is 1. The largest absolute Gasteiger partial charge is 0.336 e. The Morgan fingerprint density at radius 3 is 2.68 bits per heavy atom. The van der Waals surface area contributed by atoms with Crippen LogP contribution >= 0.6 is 23.2 Å². The number of fused-ring (bicyclic) bond motifs is 3. The number of aliphatic imine (C=N–C) groups is 1. The second-order valence-electron chi connectivity index (χ2n) is 7.05. The van der Waals surface area contributed by atoms with Crippen LogP contribution in [0.2, 0.25) is 10.0 Å². The Morgan fingerprint density at radius 1 is 1.29 bits per heavy atom. The van der Waals surface area contributed by atoms with Crippen molar-refractivity contribution < 1.29 is 0 Å². The highest BCUT2D eigenvalue weighted by Gasteiger charge is 2.39. The van der Waals surface area contributed by atoms with E-state index in [4.69, 9.17) is 28.2 Å². The molecule has 0 saturated heterocycles. The van der Waals surface area contributed by atoms with Crippen LogP contribution in [0.4, 0.5) is 5.69 Å². The second-order valence-corrected chi connectivity index (χ2v) is 7.87. The predicted octanol–water partition coefficient (Wildman–Crippen LogP) is 4.35. The number of H-pyrrole nitrogens is 1. The zero-order valence-corrected chi connectivity index (χ0v) is 17.1. The Bertz CT molecular complexity index is 1080. The van der Waals surface area contributed by atoms with Gasteiger partial charge in [0.25, 0.3) is 5.56 Å². The van der Waals surface area contributed by atoms with Crippen molar-refractivity contribution >= 4 is 47.0 Å². The number of aromatic nitrogens is 2. The van der Waals surface area contributed by atoms with Gasteiger partial charge in [0.15, 0.2) is 5.96 Å². The lowest BCUT2D eigenvalue weighted by atomic mass is 9.93. The Kier molecular flexibility index (Phi) is 4.77. The zero-order valence-electron chi connectivity index (χ0n) is 15.6. The molecule has 0 fully saturated rings. The molecule has 0 saturated carbocycles. The number of hydrogen-bond acceptors (Lipinski definition) is 5. The average molecular weight is 416 g/mol. The fourth-order valence-electron chi connectivity index (χ4n) is 3.49. The second kappa shape index (κ2) is 7.11. The minimum atomic E-state index is -0.249. The molecule has 2 heterocycles. The van der Waals surface area contributed by atoms with Crippen molar-refractivity contribution in [1.29, 1.82) is 0 Å². The molecule has 1 aliphatic carbocycles. The number of aromatic amines is 1. The fraction of sp³-hybridized carbons (Fsp3) is 0.250. The molecule has 2 aliphatic rings. The number of nitrogens with zero attached hydrogens (tertiary/aromatic N) is 3. The van der Waals surface area contributed by atoms with Crippen LogP contribution in [0.3, 0.4) is 0 Å². The molecule has 144 valence electrons. The highest BCUT2D eigenvalue weighted by atomic mass is 35.5. The summed E-state index contributed by atoms with van der Waals surface area (Å²) in [7, 11) is 1.88. The number of halogens is 2. The molecule has 2 N–H and O–H groups in total. The van der Waals surface area contributed by atoms with Crippen LogP contribution in [-0.2, 0) is 0 Å². The van der Waals surface area contributed by atoms with E-state index in [0.717, 1.165) is 5.57 Å². The van der Waals surface area contributed by atoms with Crippen LogP contribution in [0.25, 0.3) is 12.2 Å². The van der Waals surface area contributed by atoms with Gasteiger partial charge in [-0.05, 0) is 38.1 Å². The molecule has 2 atom stereocenters. The van der Waals surface area contributed by atoms with Crippen molar-refractivity contribution in [3.63, 3.8) is 0 Å². The summed E-state index contributed by atoms with van der Waals surface area (Å²) in [4.78, 5) is 26.9. The van der Waals surface area contributed by atoms with E-state index < -0.39 is 0 Å². The Balaban J connectivity index is 1.70. The van der Waals surface area contributed by atoms with Gasteiger partial charge in [0.05, 0.1) is 39.1 Å². The molecule has 1 aliphatic heterocycles. The maximum absolute atomic E-state index is 12.8. The van der Waals surface area contributed by atoms with Gasteiger partial charge in [-0.25, -0.2) is 9.98 Å². The molecule has 28 heavy (non-hydrogen) atoms. The lowest BCUT2D eigenvalue weighted by Crippen LogP contribution is -2.38. The van der Waals surface area contributed by atoms with Crippen LogP contribution in [-0.4, -0.2) is 33.9 Å². The van der Waals surface area contributed by atoms with E-state index in [0.29, 0.717) is 38.8 Å². The smallest absolute Gasteiger partial charge is 0.257 e. The number of guanidine groups is 1. The summed E-state index contributed by atoms with van der Waals surface area (Å²) < 4.78 is 0. The molecule has 8 heteroatoms. The highest BCUT2D eigenvalue weighted by Crippen LogP contribution is 2.37. The normalized spacial score (nSPS) is 19.8. The number of nitrogens with one attached hydrogen (secondary N) is 2. The molecule has 0 radical (unpaired) electrons. The summed E-state index contributed by atoms with van der Waals surface area (Å²) in [6.45, 7) is 3.92. The van der Waals surface area contributed by atoms with Crippen LogP contribution < -0.4 is 10.9 Å². The van der Waals surface area contributed by atoms with Crippen LogP contribution in [0.1, 0.15) is 37.0 Å². The van der Waals surface area contributed by atoms with Gasteiger partial charge in [0.1, 0.15) is 5.82 Å². The van der Waals surface area contributed by atoms with E-state index in [1.54, 1.807) is 18.2 Å². The molecule has 0 bridgehead atoms. The van der Waals surface area contributed by atoms with Crippen molar-refractivity contribution in [2.75, 3.05) is 12.4 Å². The first-order chi connectivity index (χ1) is 13.3. The quantitative estimate of drug-likeness (QED) is 0.764. The molecular weight excluding hydrogens is 397 g/mol. The summed E-state index contributed by atoms with van der Waals surface area (Å²) in [5.41, 5.74) is 2.76. The highest BCUT2D eigenvalue weighted by molar-refractivity contribution is 6.39. The van der Waals surface area contributed by atoms with Crippen molar-refractivity contribution in [2.24, 2.45) is 4.99 Å². The molecular formula is C20H19Cl2N5O. The molecule has 1 aromatic carbocycles.